The van der Waals surface area contributed by atoms with Crippen LogP contribution in [0.4, 0.5) is 13.2 Å². The zero-order chi connectivity index (χ0) is 20.7. The van der Waals surface area contributed by atoms with Gasteiger partial charge in [0.15, 0.2) is 5.78 Å². The van der Waals surface area contributed by atoms with E-state index in [1.807, 2.05) is 6.07 Å². The molecule has 0 saturated carbocycles. The molecular formula is C19H18F3N3O3. The first-order valence-electron chi connectivity index (χ1n) is 8.64. The second-order valence-corrected chi connectivity index (χ2v) is 7.83. The summed E-state index contributed by atoms with van der Waals surface area (Å²) >= 11 is 0. The number of hydrogen-bond acceptors (Lipinski definition) is 5. The van der Waals surface area contributed by atoms with Crippen LogP contribution in [0.3, 0.4) is 0 Å². The third-order valence-electron chi connectivity index (χ3n) is 5.09. The van der Waals surface area contributed by atoms with E-state index in [1.54, 1.807) is 24.8 Å². The van der Waals surface area contributed by atoms with E-state index in [2.05, 4.69) is 9.72 Å². The Kier molecular flexibility index (Phi) is 4.69. The Hall–Kier alpha value is -2.89. The molecule has 2 heterocycles. The fraction of sp³-hybridized carbons (Fsp3) is 0.474. The first kappa shape index (κ1) is 19.9. The van der Waals surface area contributed by atoms with Gasteiger partial charge in [-0.2, -0.15) is 5.26 Å². The average Bonchev–Trinajstić information content (AvgIpc) is 3.00. The lowest BCUT2D eigenvalue weighted by Gasteiger charge is -2.38. The zero-order valence-corrected chi connectivity index (χ0v) is 15.3. The van der Waals surface area contributed by atoms with Crippen LogP contribution in [0.1, 0.15) is 37.2 Å². The van der Waals surface area contributed by atoms with E-state index in [1.165, 1.54) is 6.07 Å². The monoisotopic (exact) mass is 393 g/mol. The summed E-state index contributed by atoms with van der Waals surface area (Å²) in [6, 6.07) is 4.17. The SMILES string of the molecule is CC1(C)C[C@]2(C=C(C#N)C1=O)CCN(C(=O)c1ccc(OC(F)(F)F)cn1)C2. The van der Waals surface area contributed by atoms with E-state index < -0.39 is 28.8 Å². The number of nitrogens with zero attached hydrogens (tertiary/aromatic N) is 3. The number of aromatic nitrogens is 1. The molecule has 1 aromatic heterocycles. The van der Waals surface area contributed by atoms with Gasteiger partial charge in [0.2, 0.25) is 0 Å². The van der Waals surface area contributed by atoms with Crippen molar-refractivity contribution < 1.29 is 27.5 Å². The van der Waals surface area contributed by atoms with Crippen LogP contribution in [0.15, 0.2) is 30.0 Å². The van der Waals surface area contributed by atoms with Gasteiger partial charge in [0.1, 0.15) is 17.5 Å². The topological polar surface area (TPSA) is 83.3 Å². The number of ether oxygens (including phenoxy) is 1. The highest BCUT2D eigenvalue weighted by Gasteiger charge is 2.49. The van der Waals surface area contributed by atoms with Crippen molar-refractivity contribution in [2.45, 2.75) is 33.1 Å². The number of pyridine rings is 1. The Bertz CT molecular complexity index is 884. The van der Waals surface area contributed by atoms with Crippen LogP contribution >= 0.6 is 0 Å². The van der Waals surface area contributed by atoms with Crippen molar-refractivity contribution in [3.8, 4) is 11.8 Å². The van der Waals surface area contributed by atoms with Crippen LogP contribution in [-0.4, -0.2) is 41.0 Å². The van der Waals surface area contributed by atoms with E-state index in [9.17, 15) is 28.0 Å². The molecule has 0 unspecified atom stereocenters. The highest BCUT2D eigenvalue weighted by molar-refractivity contribution is 6.03. The zero-order valence-electron chi connectivity index (χ0n) is 15.3. The maximum atomic E-state index is 12.7. The molecule has 1 fully saturated rings. The van der Waals surface area contributed by atoms with Crippen LogP contribution in [0, 0.1) is 22.2 Å². The molecule has 1 amide bonds. The molecule has 9 heteroatoms. The maximum absolute atomic E-state index is 12.7. The lowest BCUT2D eigenvalue weighted by atomic mass is 9.64. The number of rotatable bonds is 2. The fourth-order valence-electron chi connectivity index (χ4n) is 4.02. The molecule has 6 nitrogen and oxygen atoms in total. The summed E-state index contributed by atoms with van der Waals surface area (Å²) in [6.07, 6.45) is -1.20. The van der Waals surface area contributed by atoms with Gasteiger partial charge < -0.3 is 9.64 Å². The molecular weight excluding hydrogens is 375 g/mol. The van der Waals surface area contributed by atoms with Crippen LogP contribution < -0.4 is 4.74 Å². The van der Waals surface area contributed by atoms with E-state index in [0.29, 0.717) is 25.9 Å². The summed E-state index contributed by atoms with van der Waals surface area (Å²) in [5.74, 6) is -1.12. The quantitative estimate of drug-likeness (QED) is 0.770. The smallest absolute Gasteiger partial charge is 0.404 e. The molecule has 0 aromatic carbocycles. The summed E-state index contributed by atoms with van der Waals surface area (Å²) in [6.45, 7) is 4.29. The van der Waals surface area contributed by atoms with Gasteiger partial charge in [-0.15, -0.1) is 13.2 Å². The summed E-state index contributed by atoms with van der Waals surface area (Å²) in [5.41, 5.74) is -1.06. The van der Waals surface area contributed by atoms with E-state index in [-0.39, 0.29) is 17.1 Å². The van der Waals surface area contributed by atoms with Gasteiger partial charge in [0.25, 0.3) is 5.91 Å². The highest BCUT2D eigenvalue weighted by atomic mass is 19.4. The standard InChI is InChI=1S/C19H18F3N3O3/c1-17(2)10-18(7-12(8-23)15(17)26)5-6-25(11-18)16(27)14-4-3-13(9-24-14)28-19(20,21)22/h3-4,7,9H,5-6,10-11H2,1-2H3/t18-/m1/s1. The van der Waals surface area contributed by atoms with Gasteiger partial charge >= 0.3 is 6.36 Å². The largest absolute Gasteiger partial charge is 0.573 e. The number of Topliss-reactive ketones (excluding diaryl/α,β-unsaturated/α-hetero) is 1. The number of likely N-dealkylation sites (tertiary alicyclic amines) is 1. The Morgan fingerprint density at radius 3 is 2.64 bits per heavy atom. The van der Waals surface area contributed by atoms with Gasteiger partial charge in [-0.25, -0.2) is 4.98 Å². The molecule has 0 bridgehead atoms. The van der Waals surface area contributed by atoms with E-state index in [4.69, 9.17) is 0 Å². The Morgan fingerprint density at radius 1 is 1.36 bits per heavy atom. The molecule has 148 valence electrons. The van der Waals surface area contributed by atoms with Gasteiger partial charge in [0.05, 0.1) is 11.8 Å². The molecule has 1 atom stereocenters. The summed E-state index contributed by atoms with van der Waals surface area (Å²) in [4.78, 5) is 30.3. The Labute approximate surface area is 159 Å². The lowest BCUT2D eigenvalue weighted by molar-refractivity contribution is -0.274. The van der Waals surface area contributed by atoms with Gasteiger partial charge in [-0.3, -0.25) is 9.59 Å². The summed E-state index contributed by atoms with van der Waals surface area (Å²) in [5, 5.41) is 9.28. The lowest BCUT2D eigenvalue weighted by Crippen LogP contribution is -2.40. The van der Waals surface area contributed by atoms with Crippen LogP contribution in [-0.2, 0) is 4.79 Å². The summed E-state index contributed by atoms with van der Waals surface area (Å²) < 4.78 is 40.4. The minimum Gasteiger partial charge on any atom is -0.404 e. The molecule has 2 aliphatic rings. The number of allylic oxidation sites excluding steroid dienone is 1. The Morgan fingerprint density at radius 2 is 2.07 bits per heavy atom. The molecule has 0 radical (unpaired) electrons. The van der Waals surface area contributed by atoms with Crippen molar-refractivity contribution in [3.05, 3.63) is 35.7 Å². The van der Waals surface area contributed by atoms with Gasteiger partial charge in [-0.05, 0) is 25.0 Å². The van der Waals surface area contributed by atoms with Crippen LogP contribution in [0.2, 0.25) is 0 Å². The first-order chi connectivity index (χ1) is 12.9. The van der Waals surface area contributed by atoms with Crippen molar-refractivity contribution in [2.24, 2.45) is 10.8 Å². The summed E-state index contributed by atoms with van der Waals surface area (Å²) in [7, 11) is 0. The second-order valence-electron chi connectivity index (χ2n) is 7.83. The molecule has 1 aromatic rings. The predicted molar refractivity (Wildman–Crippen MR) is 91.0 cm³/mol. The van der Waals surface area contributed by atoms with Crippen molar-refractivity contribution >= 4 is 11.7 Å². The number of carbonyl (C=O) groups is 2. The number of carbonyl (C=O) groups excluding carboxylic acids is 2. The number of amides is 1. The molecule has 0 N–H and O–H groups in total. The molecule has 1 spiro atoms. The van der Waals surface area contributed by atoms with Crippen LogP contribution in [0.25, 0.3) is 0 Å². The maximum Gasteiger partial charge on any atom is 0.573 e. The molecule has 28 heavy (non-hydrogen) atoms. The normalized spacial score (nSPS) is 24.1. The number of alkyl halides is 3. The molecule has 1 aliphatic heterocycles. The molecule has 3 rings (SSSR count). The molecule has 1 aliphatic carbocycles. The highest BCUT2D eigenvalue weighted by Crippen LogP contribution is 2.48. The molecule has 1 saturated heterocycles. The minimum absolute atomic E-state index is 0.00204. The average molecular weight is 393 g/mol. The van der Waals surface area contributed by atoms with Crippen molar-refractivity contribution in [2.75, 3.05) is 13.1 Å². The van der Waals surface area contributed by atoms with Gasteiger partial charge in [-0.1, -0.05) is 19.9 Å². The predicted octanol–water partition coefficient (Wildman–Crippen LogP) is 3.26. The Balaban J connectivity index is 1.77. The van der Waals surface area contributed by atoms with E-state index in [0.717, 1.165) is 12.3 Å². The third-order valence-corrected chi connectivity index (χ3v) is 5.09. The van der Waals surface area contributed by atoms with Crippen LogP contribution in [0.5, 0.6) is 5.75 Å². The van der Waals surface area contributed by atoms with Crippen molar-refractivity contribution in [1.29, 1.82) is 5.26 Å². The first-order valence-corrected chi connectivity index (χ1v) is 8.64. The number of ketones is 1. The van der Waals surface area contributed by atoms with Crippen molar-refractivity contribution in [1.82, 2.24) is 9.88 Å². The second kappa shape index (κ2) is 6.62. The number of hydrogen-bond donors (Lipinski definition) is 0. The van der Waals surface area contributed by atoms with Gasteiger partial charge in [0, 0.05) is 23.9 Å². The number of nitriles is 1. The minimum atomic E-state index is -4.83. The third kappa shape index (κ3) is 3.86. The number of halogens is 3. The van der Waals surface area contributed by atoms with Crippen molar-refractivity contribution in [3.63, 3.8) is 0 Å². The fourth-order valence-corrected chi connectivity index (χ4v) is 4.02. The van der Waals surface area contributed by atoms with E-state index >= 15 is 0 Å².